The first kappa shape index (κ1) is 43.6. The lowest BCUT2D eigenvalue weighted by Crippen LogP contribution is -2.54. The Morgan fingerprint density at radius 3 is 2.46 bits per heavy atom. The molecular formula is C47H51FN10O7. The van der Waals surface area contributed by atoms with E-state index in [0.717, 1.165) is 84.7 Å². The largest absolute Gasteiger partial charge is 0.383 e. The smallest absolute Gasteiger partial charge is 0.262 e. The number of piperidine rings is 1. The first-order valence-corrected chi connectivity index (χ1v) is 22.3. The number of amides is 4. The molecule has 0 spiro atoms. The summed E-state index contributed by atoms with van der Waals surface area (Å²) in [6.45, 7) is 6.27. The minimum atomic E-state index is -1.01. The minimum absolute atomic E-state index is 0.0509. The van der Waals surface area contributed by atoms with Crippen LogP contribution in [0.4, 0.5) is 21.7 Å². The molecule has 2 atom stereocenters. The zero-order valence-electron chi connectivity index (χ0n) is 36.0. The van der Waals surface area contributed by atoms with Gasteiger partial charge in [0.2, 0.25) is 11.8 Å². The number of hydrogen-bond acceptors (Lipinski definition) is 14. The Bertz CT molecular complexity index is 2600. The van der Waals surface area contributed by atoms with Crippen molar-refractivity contribution in [1.82, 2.24) is 34.7 Å². The molecule has 7 heterocycles. The van der Waals surface area contributed by atoms with Crippen molar-refractivity contribution in [3.05, 3.63) is 102 Å². The van der Waals surface area contributed by atoms with Gasteiger partial charge in [0.15, 0.2) is 5.65 Å². The van der Waals surface area contributed by atoms with E-state index in [1.165, 1.54) is 6.07 Å². The van der Waals surface area contributed by atoms with Gasteiger partial charge in [-0.1, -0.05) is 18.2 Å². The van der Waals surface area contributed by atoms with Gasteiger partial charge >= 0.3 is 0 Å². The number of ether oxygens (including phenoxy) is 2. The number of imide groups is 2. The van der Waals surface area contributed by atoms with E-state index in [-0.39, 0.29) is 41.6 Å². The highest BCUT2D eigenvalue weighted by Gasteiger charge is 2.44. The molecule has 3 saturated heterocycles. The number of piperazine rings is 1. The third-order valence-corrected chi connectivity index (χ3v) is 12.4. The van der Waals surface area contributed by atoms with E-state index in [0.29, 0.717) is 58.0 Å². The van der Waals surface area contributed by atoms with Crippen LogP contribution < -0.4 is 20.4 Å². The topological polar surface area (TPSA) is 184 Å². The maximum absolute atomic E-state index is 14.1. The number of fused-ring (bicyclic) bond motifs is 2. The van der Waals surface area contributed by atoms with Gasteiger partial charge in [-0.2, -0.15) is 0 Å². The van der Waals surface area contributed by atoms with Crippen molar-refractivity contribution >= 4 is 52.4 Å². The van der Waals surface area contributed by atoms with E-state index in [4.69, 9.17) is 19.6 Å². The quantitative estimate of drug-likeness (QED) is 0.0939. The number of pyridine rings is 1. The summed E-state index contributed by atoms with van der Waals surface area (Å²) in [5.41, 5.74) is 4.29. The second-order valence-electron chi connectivity index (χ2n) is 16.7. The fourth-order valence-corrected chi connectivity index (χ4v) is 9.04. The van der Waals surface area contributed by atoms with Crippen molar-refractivity contribution in [1.29, 1.82) is 0 Å². The van der Waals surface area contributed by atoms with Crippen LogP contribution in [-0.4, -0.2) is 137 Å². The summed E-state index contributed by atoms with van der Waals surface area (Å²) in [7, 11) is 0. The van der Waals surface area contributed by atoms with Crippen molar-refractivity contribution in [3.8, 4) is 11.4 Å². The fraction of sp³-hybridized carbons (Fsp3) is 0.404. The summed E-state index contributed by atoms with van der Waals surface area (Å²) in [5.74, 6) is -0.542. The van der Waals surface area contributed by atoms with Crippen LogP contribution in [0, 0.1) is 5.82 Å². The van der Waals surface area contributed by atoms with Gasteiger partial charge in [-0.05, 0) is 85.8 Å². The number of hydrogen-bond donors (Lipinski definition) is 2. The summed E-state index contributed by atoms with van der Waals surface area (Å²) >= 11 is 0. The molecule has 18 heteroatoms. The summed E-state index contributed by atoms with van der Waals surface area (Å²) < 4.78 is 27.3. The first-order valence-electron chi connectivity index (χ1n) is 22.3. The predicted molar refractivity (Wildman–Crippen MR) is 238 cm³/mol. The highest BCUT2D eigenvalue weighted by atomic mass is 19.1. The normalized spacial score (nSPS) is 19.1. The van der Waals surface area contributed by atoms with Crippen LogP contribution in [0.1, 0.15) is 70.8 Å². The molecule has 2 N–H and O–H groups in total. The maximum atomic E-state index is 14.1. The molecule has 0 aliphatic carbocycles. The highest BCUT2D eigenvalue weighted by molar-refractivity contribution is 6.23. The number of carbonyl (C=O) groups is 5. The molecule has 9 rings (SSSR count). The number of benzene rings is 2. The molecule has 0 radical (unpaired) electrons. The molecule has 2 aromatic carbocycles. The van der Waals surface area contributed by atoms with Gasteiger partial charge in [0.25, 0.3) is 11.8 Å². The van der Waals surface area contributed by atoms with E-state index in [2.05, 4.69) is 30.3 Å². The van der Waals surface area contributed by atoms with E-state index in [9.17, 15) is 28.4 Å². The molecule has 3 aromatic heterocycles. The molecule has 4 aliphatic heterocycles. The van der Waals surface area contributed by atoms with Gasteiger partial charge in [0.1, 0.15) is 35.0 Å². The molecule has 0 bridgehead atoms. The Hall–Kier alpha value is -6.63. The third-order valence-electron chi connectivity index (χ3n) is 12.4. The van der Waals surface area contributed by atoms with Gasteiger partial charge in [-0.15, -0.1) is 5.10 Å². The van der Waals surface area contributed by atoms with Gasteiger partial charge in [-0.3, -0.25) is 39.1 Å². The molecule has 65 heavy (non-hydrogen) atoms. The van der Waals surface area contributed by atoms with Gasteiger partial charge in [-0.25, -0.2) is 18.9 Å². The number of anilines is 3. The molecule has 3 fully saturated rings. The molecular weight excluding hydrogens is 836 g/mol. The Labute approximate surface area is 374 Å². The highest BCUT2D eigenvalue weighted by Crippen LogP contribution is 2.36. The molecule has 4 aliphatic rings. The summed E-state index contributed by atoms with van der Waals surface area (Å²) in [5, 5.41) is 10.4. The lowest BCUT2D eigenvalue weighted by Gasteiger charge is -2.35. The number of Topliss-reactive ketones (excluding diaryl/α,β-unsaturated/α-hetero) is 1. The van der Waals surface area contributed by atoms with E-state index in [1.54, 1.807) is 36.5 Å². The average molecular weight is 887 g/mol. The first-order chi connectivity index (χ1) is 31.7. The van der Waals surface area contributed by atoms with Crippen LogP contribution in [-0.2, 0) is 23.9 Å². The maximum Gasteiger partial charge on any atom is 0.262 e. The average Bonchev–Trinajstić information content (AvgIpc) is 4.04. The SMILES string of the molecule is O=C(CCCOCCOCCNc1ccc2c(c1)C(=O)N(C1CCC(=O)NC1=O)C2=O)CN1CCN(c2cccc(-c3cnc4ccc(N5CCC[C@@H]5c5cccc(F)c5)nn34)n2)CC1. The van der Waals surface area contributed by atoms with Crippen LogP contribution >= 0.6 is 0 Å². The molecule has 5 aromatic rings. The van der Waals surface area contributed by atoms with Crippen molar-refractivity contribution in [2.75, 3.05) is 87.4 Å². The van der Waals surface area contributed by atoms with Gasteiger partial charge in [0.05, 0.1) is 55.4 Å². The standard InChI is InChI=1S/C47H51FN10O7/c48-32-6-1-5-31(27-32)38-9-3-18-56(38)43-15-14-41-50-29-40(58(41)53-43)37-8-2-10-42(51-37)55-21-19-54(20-22-55)30-34(59)7-4-23-64-25-26-65-24-17-49-33-11-12-35-36(28-33)47(63)57(46(35)62)39-13-16-44(60)52-45(39)61/h1-2,5-6,8,10-12,14-15,27-29,38-39,49H,3-4,7,9,13,16-26,30H2,(H,52,60,61)/t38-,39?/m1/s1. The Kier molecular flexibility index (Phi) is 13.2. The van der Waals surface area contributed by atoms with E-state index >= 15 is 0 Å². The molecule has 338 valence electrons. The van der Waals surface area contributed by atoms with Crippen LogP contribution in [0.2, 0.25) is 0 Å². The predicted octanol–water partition coefficient (Wildman–Crippen LogP) is 4.29. The number of halogens is 1. The zero-order valence-corrected chi connectivity index (χ0v) is 36.0. The number of rotatable bonds is 18. The minimum Gasteiger partial charge on any atom is -0.383 e. The lowest BCUT2D eigenvalue weighted by atomic mass is 10.0. The number of carbonyl (C=O) groups excluding carboxylic acids is 5. The number of nitrogens with one attached hydrogen (secondary N) is 2. The molecule has 17 nitrogen and oxygen atoms in total. The van der Waals surface area contributed by atoms with Crippen molar-refractivity contribution in [2.24, 2.45) is 0 Å². The van der Waals surface area contributed by atoms with Crippen LogP contribution in [0.5, 0.6) is 0 Å². The summed E-state index contributed by atoms with van der Waals surface area (Å²) in [6, 6.07) is 20.6. The third kappa shape index (κ3) is 9.74. The number of nitrogens with zero attached hydrogens (tertiary/aromatic N) is 8. The number of imidazole rings is 1. The van der Waals surface area contributed by atoms with Crippen LogP contribution in [0.3, 0.4) is 0 Å². The second-order valence-corrected chi connectivity index (χ2v) is 16.7. The Morgan fingerprint density at radius 1 is 0.815 bits per heavy atom. The molecule has 4 amide bonds. The fourth-order valence-electron chi connectivity index (χ4n) is 9.04. The van der Waals surface area contributed by atoms with E-state index < -0.39 is 29.7 Å². The summed E-state index contributed by atoms with van der Waals surface area (Å²) in [4.78, 5) is 79.9. The number of aromatic nitrogens is 4. The Balaban J connectivity index is 0.659. The van der Waals surface area contributed by atoms with E-state index in [1.807, 2.05) is 40.9 Å². The van der Waals surface area contributed by atoms with Crippen LogP contribution in [0.15, 0.2) is 79.0 Å². The molecule has 1 unspecified atom stereocenters. The van der Waals surface area contributed by atoms with Crippen molar-refractivity contribution in [2.45, 2.75) is 50.6 Å². The second kappa shape index (κ2) is 19.6. The zero-order chi connectivity index (χ0) is 44.9. The molecule has 0 saturated carbocycles. The lowest BCUT2D eigenvalue weighted by molar-refractivity contribution is -0.136. The number of ketones is 1. The Morgan fingerprint density at radius 2 is 1.63 bits per heavy atom. The van der Waals surface area contributed by atoms with Gasteiger partial charge in [0, 0.05) is 64.4 Å². The van der Waals surface area contributed by atoms with Crippen molar-refractivity contribution in [3.63, 3.8) is 0 Å². The van der Waals surface area contributed by atoms with Crippen molar-refractivity contribution < 1.29 is 37.8 Å². The van der Waals surface area contributed by atoms with Gasteiger partial charge < -0.3 is 24.6 Å². The summed E-state index contributed by atoms with van der Waals surface area (Å²) in [6.07, 6.45) is 4.96. The monoisotopic (exact) mass is 886 g/mol. The van der Waals surface area contributed by atoms with Crippen LogP contribution in [0.25, 0.3) is 17.0 Å².